The zero-order chi connectivity index (χ0) is 16.1. The van der Waals surface area contributed by atoms with Gasteiger partial charge >= 0.3 is 0 Å². The van der Waals surface area contributed by atoms with Crippen molar-refractivity contribution in [3.8, 4) is 0 Å². The molecule has 4 aliphatic rings. The highest BCUT2D eigenvalue weighted by Gasteiger charge is 2.51. The highest BCUT2D eigenvalue weighted by molar-refractivity contribution is 5.23. The third-order valence-electron chi connectivity index (χ3n) is 5.85. The van der Waals surface area contributed by atoms with Gasteiger partial charge in [-0.15, -0.1) is 0 Å². The fourth-order valence-electron chi connectivity index (χ4n) is 4.02. The Morgan fingerprint density at radius 3 is 2.55 bits per heavy atom. The highest BCUT2D eigenvalue weighted by atomic mass is 16.7. The number of aliphatic hydroxyl groups excluding tert-OH is 4. The van der Waals surface area contributed by atoms with Crippen LogP contribution in [0.2, 0.25) is 0 Å². The maximum absolute atomic E-state index is 9.97. The molecule has 1 saturated carbocycles. The van der Waals surface area contributed by atoms with Gasteiger partial charge in [-0.05, 0) is 35.7 Å². The van der Waals surface area contributed by atoms with Crippen molar-refractivity contribution in [3.63, 3.8) is 0 Å². The first-order chi connectivity index (χ1) is 10.4. The lowest BCUT2D eigenvalue weighted by atomic mass is 9.49. The van der Waals surface area contributed by atoms with Crippen LogP contribution < -0.4 is 0 Å². The molecule has 1 aliphatic heterocycles. The van der Waals surface area contributed by atoms with E-state index in [0.29, 0.717) is 17.9 Å². The second kappa shape index (κ2) is 5.85. The van der Waals surface area contributed by atoms with Crippen LogP contribution >= 0.6 is 0 Å². The fourth-order valence-corrected chi connectivity index (χ4v) is 4.02. The first-order valence-corrected chi connectivity index (χ1v) is 7.97. The van der Waals surface area contributed by atoms with Gasteiger partial charge in [-0.1, -0.05) is 19.9 Å². The number of fused-ring (bicyclic) bond motifs is 1. The van der Waals surface area contributed by atoms with E-state index in [0.717, 1.165) is 12.3 Å². The van der Waals surface area contributed by atoms with Crippen LogP contribution in [-0.4, -0.2) is 64.3 Å². The molecule has 0 amide bonds. The van der Waals surface area contributed by atoms with Gasteiger partial charge in [0, 0.05) is 0 Å². The van der Waals surface area contributed by atoms with E-state index in [2.05, 4.69) is 19.9 Å². The van der Waals surface area contributed by atoms with Crippen LogP contribution in [0.25, 0.3) is 0 Å². The van der Waals surface area contributed by atoms with E-state index >= 15 is 0 Å². The van der Waals surface area contributed by atoms with Gasteiger partial charge in [0.15, 0.2) is 6.29 Å². The number of allylic oxidation sites excluding steroid dienone is 1. The summed E-state index contributed by atoms with van der Waals surface area (Å²) in [6.07, 6.45) is -1.60. The van der Waals surface area contributed by atoms with Crippen molar-refractivity contribution in [1.82, 2.24) is 0 Å². The van der Waals surface area contributed by atoms with Gasteiger partial charge in [0.1, 0.15) is 24.4 Å². The third-order valence-corrected chi connectivity index (χ3v) is 5.85. The fraction of sp³-hybridized carbons (Fsp3) is 0.875. The van der Waals surface area contributed by atoms with E-state index in [4.69, 9.17) is 9.47 Å². The Hall–Kier alpha value is -0.500. The Morgan fingerprint density at radius 1 is 1.23 bits per heavy atom. The topological polar surface area (TPSA) is 99.4 Å². The lowest BCUT2D eigenvalue weighted by molar-refractivity contribution is -0.299. The molecular formula is C16H26O6. The van der Waals surface area contributed by atoms with Gasteiger partial charge in [0.2, 0.25) is 0 Å². The van der Waals surface area contributed by atoms with Crippen LogP contribution in [0.4, 0.5) is 0 Å². The first kappa shape index (κ1) is 16.4. The van der Waals surface area contributed by atoms with Gasteiger partial charge in [-0.3, -0.25) is 0 Å². The summed E-state index contributed by atoms with van der Waals surface area (Å²) in [6.45, 7) is 4.44. The highest BCUT2D eigenvalue weighted by Crippen LogP contribution is 2.59. The van der Waals surface area contributed by atoms with Crippen LogP contribution in [0.15, 0.2) is 11.6 Å². The van der Waals surface area contributed by atoms with Crippen molar-refractivity contribution in [1.29, 1.82) is 0 Å². The lowest BCUT2D eigenvalue weighted by Crippen LogP contribution is -2.59. The number of aliphatic hydroxyl groups is 4. The van der Waals surface area contributed by atoms with Crippen LogP contribution in [-0.2, 0) is 9.47 Å². The summed E-state index contributed by atoms with van der Waals surface area (Å²) in [7, 11) is 0. The number of hydrogen-bond donors (Lipinski definition) is 4. The Morgan fingerprint density at radius 2 is 1.95 bits per heavy atom. The normalized spacial score (nSPS) is 46.8. The van der Waals surface area contributed by atoms with Gasteiger partial charge in [-0.25, -0.2) is 0 Å². The van der Waals surface area contributed by atoms with Gasteiger partial charge in [0.05, 0.1) is 13.2 Å². The molecule has 0 radical (unpaired) electrons. The lowest BCUT2D eigenvalue weighted by Gasteiger charge is -2.56. The average Bonchev–Trinajstić information content (AvgIpc) is 2.52. The van der Waals surface area contributed by atoms with Gasteiger partial charge in [0.25, 0.3) is 0 Å². The van der Waals surface area contributed by atoms with E-state index in [1.165, 1.54) is 12.0 Å². The molecule has 0 aromatic rings. The van der Waals surface area contributed by atoms with E-state index in [-0.39, 0.29) is 0 Å². The molecule has 126 valence electrons. The SMILES string of the molecule is CC1(C)[C@H]2CC=C(CO[C@@H]3O[C@H](CO)[C@@H](O)[C@H](O)[C@H]3O)[C@@H]1C2. The summed E-state index contributed by atoms with van der Waals surface area (Å²) < 4.78 is 11.0. The summed E-state index contributed by atoms with van der Waals surface area (Å²) >= 11 is 0. The maximum atomic E-state index is 9.97. The van der Waals surface area contributed by atoms with Gasteiger partial charge in [-0.2, -0.15) is 0 Å². The minimum Gasteiger partial charge on any atom is -0.394 e. The first-order valence-electron chi connectivity index (χ1n) is 7.97. The Labute approximate surface area is 130 Å². The molecule has 0 aromatic carbocycles. The number of ether oxygens (including phenoxy) is 2. The standard InChI is InChI=1S/C16H26O6/c1-16(2)9-4-3-8(10(16)5-9)7-21-15-14(20)13(19)12(18)11(6-17)22-15/h3,9-15,17-20H,4-7H2,1-2H3/t9-,10-,11+,12+,13-,14+,15+/m0/s1. The molecule has 4 rings (SSSR count). The molecule has 22 heavy (non-hydrogen) atoms. The molecule has 1 heterocycles. The maximum Gasteiger partial charge on any atom is 0.187 e. The summed E-state index contributed by atoms with van der Waals surface area (Å²) in [6, 6.07) is 0. The van der Waals surface area contributed by atoms with E-state index in [1.54, 1.807) is 0 Å². The van der Waals surface area contributed by atoms with Crippen molar-refractivity contribution in [2.75, 3.05) is 13.2 Å². The van der Waals surface area contributed by atoms with Crippen LogP contribution in [0.1, 0.15) is 26.7 Å². The van der Waals surface area contributed by atoms with Crippen molar-refractivity contribution in [3.05, 3.63) is 11.6 Å². The Kier molecular flexibility index (Phi) is 4.35. The quantitative estimate of drug-likeness (QED) is 0.536. The number of rotatable bonds is 4. The molecular weight excluding hydrogens is 288 g/mol. The molecule has 2 bridgehead atoms. The molecule has 7 atom stereocenters. The van der Waals surface area contributed by atoms with Crippen LogP contribution in [0.5, 0.6) is 0 Å². The molecule has 1 saturated heterocycles. The zero-order valence-corrected chi connectivity index (χ0v) is 13.1. The van der Waals surface area contributed by atoms with Crippen LogP contribution in [0, 0.1) is 17.3 Å². The molecule has 6 nitrogen and oxygen atoms in total. The van der Waals surface area contributed by atoms with E-state index in [1.807, 2.05) is 0 Å². The summed E-state index contributed by atoms with van der Waals surface area (Å²) in [5, 5.41) is 38.7. The smallest absolute Gasteiger partial charge is 0.187 e. The van der Waals surface area contributed by atoms with Crippen molar-refractivity contribution >= 4 is 0 Å². The second-order valence-electron chi connectivity index (χ2n) is 7.33. The molecule has 3 aliphatic carbocycles. The predicted octanol–water partition coefficient (Wildman–Crippen LogP) is -0.205. The molecule has 6 heteroatoms. The van der Waals surface area contributed by atoms with Crippen molar-refractivity contribution in [2.45, 2.75) is 57.4 Å². The molecule has 0 aromatic heterocycles. The summed E-state index contributed by atoms with van der Waals surface area (Å²) in [5.74, 6) is 1.24. The van der Waals surface area contributed by atoms with Crippen molar-refractivity contribution in [2.24, 2.45) is 17.3 Å². The van der Waals surface area contributed by atoms with Crippen LogP contribution in [0.3, 0.4) is 0 Å². The van der Waals surface area contributed by atoms with E-state index in [9.17, 15) is 20.4 Å². The second-order valence-corrected chi connectivity index (χ2v) is 7.33. The molecule has 0 unspecified atom stereocenters. The predicted molar refractivity (Wildman–Crippen MR) is 77.8 cm³/mol. The summed E-state index contributed by atoms with van der Waals surface area (Å²) in [4.78, 5) is 0. The average molecular weight is 314 g/mol. The molecule has 4 N–H and O–H groups in total. The number of hydrogen-bond acceptors (Lipinski definition) is 6. The zero-order valence-electron chi connectivity index (χ0n) is 13.1. The minimum atomic E-state index is -1.39. The summed E-state index contributed by atoms with van der Waals surface area (Å²) in [5.41, 5.74) is 1.51. The Bertz CT molecular complexity index is 446. The van der Waals surface area contributed by atoms with Crippen molar-refractivity contribution < 1.29 is 29.9 Å². The largest absolute Gasteiger partial charge is 0.394 e. The van der Waals surface area contributed by atoms with Gasteiger partial charge < -0.3 is 29.9 Å². The Balaban J connectivity index is 1.60. The third kappa shape index (κ3) is 2.52. The monoisotopic (exact) mass is 314 g/mol. The molecule has 2 fully saturated rings. The molecule has 0 spiro atoms. The van der Waals surface area contributed by atoms with E-state index < -0.39 is 37.3 Å². The minimum absolute atomic E-state index is 0.294.